The first-order valence-electron chi connectivity index (χ1n) is 8.30. The first-order valence-corrected chi connectivity index (χ1v) is 8.30. The van der Waals surface area contributed by atoms with Gasteiger partial charge in [-0.3, -0.25) is 4.79 Å². The molecule has 0 atom stereocenters. The number of rotatable bonds is 7. The number of ether oxygens (including phenoxy) is 2. The summed E-state index contributed by atoms with van der Waals surface area (Å²) in [6, 6.07) is 14.2. The highest BCUT2D eigenvalue weighted by Crippen LogP contribution is 2.25. The lowest BCUT2D eigenvalue weighted by Crippen LogP contribution is -2.20. The molecular formula is C20H23NO4. The van der Waals surface area contributed by atoms with Gasteiger partial charge in [-0.15, -0.1) is 0 Å². The van der Waals surface area contributed by atoms with Crippen molar-refractivity contribution in [3.05, 3.63) is 59.7 Å². The maximum absolute atomic E-state index is 12.1. The van der Waals surface area contributed by atoms with E-state index in [1.807, 2.05) is 24.3 Å². The van der Waals surface area contributed by atoms with Gasteiger partial charge in [0.25, 0.3) is 5.91 Å². The van der Waals surface area contributed by atoms with E-state index in [-0.39, 0.29) is 18.5 Å². The number of hydrogen-bond donors (Lipinski definition) is 1. The van der Waals surface area contributed by atoms with Crippen molar-refractivity contribution in [2.24, 2.45) is 0 Å². The number of para-hydroxylation sites is 1. The van der Waals surface area contributed by atoms with Crippen molar-refractivity contribution in [2.45, 2.75) is 26.7 Å². The quantitative estimate of drug-likeness (QED) is 0.773. The molecule has 0 saturated heterocycles. The molecule has 1 amide bonds. The second kappa shape index (κ2) is 8.87. The molecule has 2 rings (SSSR count). The number of anilines is 1. The van der Waals surface area contributed by atoms with Gasteiger partial charge in [-0.2, -0.15) is 0 Å². The summed E-state index contributed by atoms with van der Waals surface area (Å²) < 4.78 is 10.6. The molecule has 5 nitrogen and oxygen atoms in total. The number of carbonyl (C=O) groups excluding carboxylic acids is 2. The third kappa shape index (κ3) is 5.35. The van der Waals surface area contributed by atoms with E-state index in [9.17, 15) is 9.59 Å². The average Bonchev–Trinajstić information content (AvgIpc) is 2.61. The minimum absolute atomic E-state index is 0.0800. The second-order valence-corrected chi connectivity index (χ2v) is 5.83. The van der Waals surface area contributed by atoms with Gasteiger partial charge < -0.3 is 14.8 Å². The van der Waals surface area contributed by atoms with Gasteiger partial charge in [-0.05, 0) is 48.7 Å². The fourth-order valence-corrected chi connectivity index (χ4v) is 2.33. The molecule has 0 radical (unpaired) electrons. The standard InChI is InChI=1S/C20H23NO4/c1-4-24-20(23)15-9-11-16(12-10-15)21-19(22)13-25-18-8-6-5-7-17(18)14(2)3/h5-12,14H,4,13H2,1-3H3,(H,21,22). The highest BCUT2D eigenvalue weighted by molar-refractivity contribution is 5.93. The van der Waals surface area contributed by atoms with E-state index in [4.69, 9.17) is 9.47 Å². The third-order valence-corrected chi connectivity index (χ3v) is 3.58. The van der Waals surface area contributed by atoms with Gasteiger partial charge in [0.2, 0.25) is 0 Å². The summed E-state index contributed by atoms with van der Waals surface area (Å²) in [5.41, 5.74) is 2.11. The van der Waals surface area contributed by atoms with Crippen molar-refractivity contribution in [2.75, 3.05) is 18.5 Å². The van der Waals surface area contributed by atoms with Crippen LogP contribution in [0.4, 0.5) is 5.69 Å². The summed E-state index contributed by atoms with van der Waals surface area (Å²) in [7, 11) is 0. The lowest BCUT2D eigenvalue weighted by atomic mass is 10.0. The zero-order valence-electron chi connectivity index (χ0n) is 14.7. The predicted molar refractivity (Wildman–Crippen MR) is 97.1 cm³/mol. The minimum Gasteiger partial charge on any atom is -0.483 e. The smallest absolute Gasteiger partial charge is 0.338 e. The normalized spacial score (nSPS) is 10.4. The first-order chi connectivity index (χ1) is 12.0. The van der Waals surface area contributed by atoms with Crippen LogP contribution in [-0.2, 0) is 9.53 Å². The highest BCUT2D eigenvalue weighted by Gasteiger charge is 2.10. The van der Waals surface area contributed by atoms with E-state index < -0.39 is 0 Å². The summed E-state index contributed by atoms with van der Waals surface area (Å²) in [6.45, 7) is 6.15. The van der Waals surface area contributed by atoms with Crippen LogP contribution in [0.1, 0.15) is 42.6 Å². The van der Waals surface area contributed by atoms with Gasteiger partial charge >= 0.3 is 5.97 Å². The average molecular weight is 341 g/mol. The summed E-state index contributed by atoms with van der Waals surface area (Å²) in [5.74, 6) is 0.386. The monoisotopic (exact) mass is 341 g/mol. The molecule has 0 aliphatic heterocycles. The Morgan fingerprint density at radius 3 is 2.36 bits per heavy atom. The minimum atomic E-state index is -0.381. The Kier molecular flexibility index (Phi) is 6.57. The molecule has 5 heteroatoms. The van der Waals surface area contributed by atoms with Crippen LogP contribution in [-0.4, -0.2) is 25.1 Å². The molecule has 0 aromatic heterocycles. The van der Waals surface area contributed by atoms with Gasteiger partial charge in [0.1, 0.15) is 5.75 Å². The molecule has 2 aromatic carbocycles. The van der Waals surface area contributed by atoms with Crippen molar-refractivity contribution in [3.8, 4) is 5.75 Å². The van der Waals surface area contributed by atoms with E-state index in [0.717, 1.165) is 5.56 Å². The van der Waals surface area contributed by atoms with Crippen molar-refractivity contribution in [1.29, 1.82) is 0 Å². The number of amides is 1. The molecule has 0 bridgehead atoms. The SMILES string of the molecule is CCOC(=O)c1ccc(NC(=O)COc2ccccc2C(C)C)cc1. The predicted octanol–water partition coefficient (Wildman–Crippen LogP) is 4.00. The van der Waals surface area contributed by atoms with E-state index in [1.54, 1.807) is 31.2 Å². The van der Waals surface area contributed by atoms with Gasteiger partial charge in [0.15, 0.2) is 6.61 Å². The molecule has 0 aliphatic carbocycles. The Labute approximate surface area is 148 Å². The number of benzene rings is 2. The lowest BCUT2D eigenvalue weighted by molar-refractivity contribution is -0.118. The van der Waals surface area contributed by atoms with Crippen LogP contribution in [0.5, 0.6) is 5.75 Å². The maximum atomic E-state index is 12.1. The molecule has 1 N–H and O–H groups in total. The Hall–Kier alpha value is -2.82. The highest BCUT2D eigenvalue weighted by atomic mass is 16.5. The molecule has 0 unspecified atom stereocenters. The maximum Gasteiger partial charge on any atom is 0.338 e. The van der Waals surface area contributed by atoms with Crippen LogP contribution < -0.4 is 10.1 Å². The summed E-state index contributed by atoms with van der Waals surface area (Å²) in [4.78, 5) is 23.7. The van der Waals surface area contributed by atoms with Crippen LogP contribution >= 0.6 is 0 Å². The molecule has 25 heavy (non-hydrogen) atoms. The van der Waals surface area contributed by atoms with E-state index in [0.29, 0.717) is 29.5 Å². The van der Waals surface area contributed by atoms with Crippen LogP contribution in [0.25, 0.3) is 0 Å². The van der Waals surface area contributed by atoms with E-state index in [2.05, 4.69) is 19.2 Å². The summed E-state index contributed by atoms with van der Waals surface area (Å²) >= 11 is 0. The third-order valence-electron chi connectivity index (χ3n) is 3.58. The molecule has 0 saturated carbocycles. The van der Waals surface area contributed by atoms with Crippen molar-refractivity contribution in [3.63, 3.8) is 0 Å². The molecular weight excluding hydrogens is 318 g/mol. The van der Waals surface area contributed by atoms with Gasteiger partial charge in [0.05, 0.1) is 12.2 Å². The Balaban J connectivity index is 1.91. The Bertz CT molecular complexity index is 723. The second-order valence-electron chi connectivity index (χ2n) is 5.83. The molecule has 0 heterocycles. The van der Waals surface area contributed by atoms with Gasteiger partial charge in [-0.25, -0.2) is 4.79 Å². The molecule has 0 fully saturated rings. The van der Waals surface area contributed by atoms with Crippen molar-refractivity contribution in [1.82, 2.24) is 0 Å². The van der Waals surface area contributed by atoms with E-state index in [1.165, 1.54) is 0 Å². The van der Waals surface area contributed by atoms with Crippen LogP contribution in [0.15, 0.2) is 48.5 Å². The van der Waals surface area contributed by atoms with E-state index >= 15 is 0 Å². The molecule has 0 spiro atoms. The van der Waals surface area contributed by atoms with Gasteiger partial charge in [0, 0.05) is 5.69 Å². The van der Waals surface area contributed by atoms with Crippen molar-refractivity contribution >= 4 is 17.6 Å². The zero-order valence-corrected chi connectivity index (χ0v) is 14.7. The van der Waals surface area contributed by atoms with Crippen molar-refractivity contribution < 1.29 is 19.1 Å². The largest absolute Gasteiger partial charge is 0.483 e. The van der Waals surface area contributed by atoms with Crippen LogP contribution in [0.3, 0.4) is 0 Å². The number of hydrogen-bond acceptors (Lipinski definition) is 4. The summed E-state index contributed by atoms with van der Waals surface area (Å²) in [6.07, 6.45) is 0. The Morgan fingerprint density at radius 1 is 1.04 bits per heavy atom. The molecule has 0 aliphatic rings. The molecule has 132 valence electrons. The molecule has 2 aromatic rings. The number of carbonyl (C=O) groups is 2. The Morgan fingerprint density at radius 2 is 1.72 bits per heavy atom. The topological polar surface area (TPSA) is 64.6 Å². The van der Waals surface area contributed by atoms with Crippen LogP contribution in [0, 0.1) is 0 Å². The number of nitrogens with one attached hydrogen (secondary N) is 1. The fourth-order valence-electron chi connectivity index (χ4n) is 2.33. The number of esters is 1. The lowest BCUT2D eigenvalue weighted by Gasteiger charge is -2.13. The fraction of sp³-hybridized carbons (Fsp3) is 0.300. The summed E-state index contributed by atoms with van der Waals surface area (Å²) in [5, 5.41) is 2.74. The first kappa shape index (κ1) is 18.5. The van der Waals surface area contributed by atoms with Gasteiger partial charge in [-0.1, -0.05) is 32.0 Å². The van der Waals surface area contributed by atoms with Crippen LogP contribution in [0.2, 0.25) is 0 Å². The zero-order chi connectivity index (χ0) is 18.2.